The van der Waals surface area contributed by atoms with Crippen molar-refractivity contribution in [2.24, 2.45) is 22.7 Å². The Morgan fingerprint density at radius 1 is 1.13 bits per heavy atom. The second-order valence-corrected chi connectivity index (χ2v) is 9.25. The Hall–Kier alpha value is -1.18. The normalized spacial score (nSPS) is 41.2. The lowest BCUT2D eigenvalue weighted by atomic mass is 9.44. The van der Waals surface area contributed by atoms with Crippen molar-refractivity contribution in [1.29, 1.82) is 0 Å². The zero-order valence-corrected chi connectivity index (χ0v) is 15.0. The van der Waals surface area contributed by atoms with E-state index in [0.717, 1.165) is 12.2 Å². The second kappa shape index (κ2) is 4.68. The molecule has 1 aliphatic heterocycles. The van der Waals surface area contributed by atoms with E-state index in [-0.39, 0.29) is 11.0 Å². The average molecular weight is 314 g/mol. The quantitative estimate of drug-likeness (QED) is 0.701. The van der Waals surface area contributed by atoms with Crippen molar-refractivity contribution in [3.05, 3.63) is 23.8 Å². The van der Waals surface area contributed by atoms with E-state index in [0.29, 0.717) is 23.0 Å². The molecular formula is C21H30O2. The molecule has 1 unspecified atom stereocenters. The van der Waals surface area contributed by atoms with E-state index in [2.05, 4.69) is 27.7 Å². The van der Waals surface area contributed by atoms with Crippen LogP contribution in [0.15, 0.2) is 18.2 Å². The maximum atomic E-state index is 9.89. The highest BCUT2D eigenvalue weighted by molar-refractivity contribution is 5.44. The standard InChI is InChI=1S/C21H30O2/c1-14-6-9-18-19(2,3)10-5-11-21(18)20(14,4)13-15-12-16(22)7-8-17(15)23-21/h7-8,12,14,18,22H,5-6,9-11,13H2,1-4H3/t14-,18-,20+,21?/m0/s1. The molecule has 1 aromatic carbocycles. The fourth-order valence-electron chi connectivity index (χ4n) is 6.20. The summed E-state index contributed by atoms with van der Waals surface area (Å²) in [4.78, 5) is 0. The largest absolute Gasteiger partial charge is 0.508 e. The fraction of sp³-hybridized carbons (Fsp3) is 0.714. The minimum Gasteiger partial charge on any atom is -0.508 e. The molecule has 3 aliphatic rings. The molecule has 126 valence electrons. The van der Waals surface area contributed by atoms with Gasteiger partial charge in [0.2, 0.25) is 0 Å². The van der Waals surface area contributed by atoms with Gasteiger partial charge in [-0.25, -0.2) is 0 Å². The highest BCUT2D eigenvalue weighted by Crippen LogP contribution is 2.65. The Bertz CT molecular complexity index is 635. The lowest BCUT2D eigenvalue weighted by molar-refractivity contribution is -0.210. The Labute approximate surface area is 140 Å². The van der Waals surface area contributed by atoms with Gasteiger partial charge in [0.1, 0.15) is 17.1 Å². The van der Waals surface area contributed by atoms with Gasteiger partial charge >= 0.3 is 0 Å². The lowest BCUT2D eigenvalue weighted by Gasteiger charge is -2.66. The van der Waals surface area contributed by atoms with Crippen molar-refractivity contribution in [2.45, 2.75) is 71.8 Å². The number of hydrogen-bond donors (Lipinski definition) is 1. The summed E-state index contributed by atoms with van der Waals surface area (Å²) < 4.78 is 6.88. The molecule has 2 saturated carbocycles. The Balaban J connectivity index is 1.88. The molecule has 23 heavy (non-hydrogen) atoms. The molecule has 4 rings (SSSR count). The van der Waals surface area contributed by atoms with E-state index in [4.69, 9.17) is 4.74 Å². The van der Waals surface area contributed by atoms with Crippen molar-refractivity contribution in [3.63, 3.8) is 0 Å². The average Bonchev–Trinajstić information content (AvgIpc) is 2.46. The van der Waals surface area contributed by atoms with Crippen molar-refractivity contribution in [1.82, 2.24) is 0 Å². The van der Waals surface area contributed by atoms with Crippen LogP contribution in [-0.2, 0) is 6.42 Å². The van der Waals surface area contributed by atoms with Crippen LogP contribution in [0.1, 0.15) is 65.4 Å². The molecule has 2 heteroatoms. The van der Waals surface area contributed by atoms with E-state index < -0.39 is 0 Å². The van der Waals surface area contributed by atoms with Crippen LogP contribution in [0.4, 0.5) is 0 Å². The smallest absolute Gasteiger partial charge is 0.123 e. The van der Waals surface area contributed by atoms with Crippen LogP contribution in [0.3, 0.4) is 0 Å². The molecule has 1 spiro atoms. The number of phenols is 1. The van der Waals surface area contributed by atoms with Gasteiger partial charge in [-0.2, -0.15) is 0 Å². The second-order valence-electron chi connectivity index (χ2n) is 9.25. The van der Waals surface area contributed by atoms with Gasteiger partial charge < -0.3 is 9.84 Å². The lowest BCUT2D eigenvalue weighted by Crippen LogP contribution is -2.68. The van der Waals surface area contributed by atoms with Crippen LogP contribution in [0, 0.1) is 22.7 Å². The minimum atomic E-state index is -0.0314. The predicted octanol–water partition coefficient (Wildman–Crippen LogP) is 5.33. The zero-order chi connectivity index (χ0) is 16.5. The molecule has 0 saturated heterocycles. The number of ether oxygens (including phenoxy) is 1. The maximum absolute atomic E-state index is 9.89. The third-order valence-electron chi connectivity index (χ3n) is 7.71. The Morgan fingerprint density at radius 2 is 1.91 bits per heavy atom. The summed E-state index contributed by atoms with van der Waals surface area (Å²) in [5.41, 5.74) is 1.67. The number of rotatable bonds is 0. The van der Waals surface area contributed by atoms with Gasteiger partial charge in [0.25, 0.3) is 0 Å². The molecule has 1 heterocycles. The molecule has 0 amide bonds. The summed E-state index contributed by atoms with van der Waals surface area (Å²) in [6.45, 7) is 9.77. The van der Waals surface area contributed by atoms with Gasteiger partial charge in [-0.05, 0) is 73.6 Å². The van der Waals surface area contributed by atoms with Crippen molar-refractivity contribution in [3.8, 4) is 11.5 Å². The summed E-state index contributed by atoms with van der Waals surface area (Å²) >= 11 is 0. The molecule has 0 aromatic heterocycles. The number of phenolic OH excluding ortho intramolecular Hbond substituents is 1. The molecular weight excluding hydrogens is 284 g/mol. The first-order chi connectivity index (χ1) is 10.8. The minimum absolute atomic E-state index is 0.0314. The molecule has 2 aliphatic carbocycles. The molecule has 2 nitrogen and oxygen atoms in total. The van der Waals surface area contributed by atoms with E-state index in [1.54, 1.807) is 6.07 Å². The third-order valence-corrected chi connectivity index (χ3v) is 7.71. The monoisotopic (exact) mass is 314 g/mol. The first kappa shape index (κ1) is 15.4. The molecule has 4 atom stereocenters. The highest BCUT2D eigenvalue weighted by atomic mass is 16.5. The molecule has 1 aromatic rings. The summed E-state index contributed by atoms with van der Waals surface area (Å²) in [5.74, 6) is 2.66. The van der Waals surface area contributed by atoms with Crippen LogP contribution in [-0.4, -0.2) is 10.7 Å². The van der Waals surface area contributed by atoms with E-state index in [9.17, 15) is 5.11 Å². The summed E-state index contributed by atoms with van der Waals surface area (Å²) in [6, 6.07) is 5.67. The maximum Gasteiger partial charge on any atom is 0.123 e. The van der Waals surface area contributed by atoms with Gasteiger partial charge in [-0.3, -0.25) is 0 Å². The van der Waals surface area contributed by atoms with Gasteiger partial charge in [0, 0.05) is 11.3 Å². The number of aromatic hydroxyl groups is 1. The van der Waals surface area contributed by atoms with Crippen LogP contribution in [0.2, 0.25) is 0 Å². The highest BCUT2D eigenvalue weighted by Gasteiger charge is 2.65. The van der Waals surface area contributed by atoms with Gasteiger partial charge in [-0.15, -0.1) is 0 Å². The first-order valence-electron chi connectivity index (χ1n) is 9.29. The molecule has 0 radical (unpaired) electrons. The number of hydrogen-bond acceptors (Lipinski definition) is 2. The molecule has 2 fully saturated rings. The fourth-order valence-corrected chi connectivity index (χ4v) is 6.20. The topological polar surface area (TPSA) is 29.5 Å². The SMILES string of the molecule is C[C@H]1CC[C@H]2C(C)(C)CCCC23Oc2ccc(O)cc2C[C@]13C. The third kappa shape index (κ3) is 1.93. The Kier molecular flexibility index (Phi) is 3.12. The Morgan fingerprint density at radius 3 is 2.70 bits per heavy atom. The van der Waals surface area contributed by atoms with Crippen LogP contribution in [0.5, 0.6) is 11.5 Å². The van der Waals surface area contributed by atoms with Gasteiger partial charge in [-0.1, -0.05) is 27.7 Å². The van der Waals surface area contributed by atoms with Crippen LogP contribution in [0.25, 0.3) is 0 Å². The van der Waals surface area contributed by atoms with Crippen molar-refractivity contribution >= 4 is 0 Å². The van der Waals surface area contributed by atoms with E-state index in [1.807, 2.05) is 12.1 Å². The van der Waals surface area contributed by atoms with Gasteiger partial charge in [0.05, 0.1) is 0 Å². The van der Waals surface area contributed by atoms with Gasteiger partial charge in [0.15, 0.2) is 0 Å². The van der Waals surface area contributed by atoms with E-state index >= 15 is 0 Å². The number of fused-ring (bicyclic) bond motifs is 1. The van der Waals surface area contributed by atoms with Crippen molar-refractivity contribution < 1.29 is 9.84 Å². The zero-order valence-electron chi connectivity index (χ0n) is 15.0. The molecule has 1 N–H and O–H groups in total. The van der Waals surface area contributed by atoms with E-state index in [1.165, 1.54) is 37.7 Å². The molecule has 0 bridgehead atoms. The van der Waals surface area contributed by atoms with Crippen LogP contribution < -0.4 is 4.74 Å². The summed E-state index contributed by atoms with van der Waals surface area (Å²) in [5, 5.41) is 9.89. The number of benzene rings is 1. The predicted molar refractivity (Wildman–Crippen MR) is 92.8 cm³/mol. The van der Waals surface area contributed by atoms with Crippen LogP contribution >= 0.6 is 0 Å². The first-order valence-corrected chi connectivity index (χ1v) is 9.29. The van der Waals surface area contributed by atoms with Crippen molar-refractivity contribution in [2.75, 3.05) is 0 Å². The summed E-state index contributed by atoms with van der Waals surface area (Å²) in [6.07, 6.45) is 7.38. The summed E-state index contributed by atoms with van der Waals surface area (Å²) in [7, 11) is 0.